The number of anilines is 1. The van der Waals surface area contributed by atoms with Crippen molar-refractivity contribution >= 4 is 11.5 Å². The first kappa shape index (κ1) is 9.47. The average molecular weight is 217 g/mol. The Labute approximate surface area is 94.2 Å². The molecule has 3 rings (SSSR count). The number of hydrazone groups is 1. The Morgan fingerprint density at radius 1 is 1.38 bits per heavy atom. The summed E-state index contributed by atoms with van der Waals surface area (Å²) in [5, 5.41) is 6.01. The van der Waals surface area contributed by atoms with E-state index in [1.54, 1.807) is 0 Å². The zero-order valence-corrected chi connectivity index (χ0v) is 9.20. The maximum atomic E-state index is 5.92. The maximum absolute atomic E-state index is 5.92. The van der Waals surface area contributed by atoms with E-state index in [0.29, 0.717) is 5.92 Å². The van der Waals surface area contributed by atoms with E-state index in [1.807, 2.05) is 18.1 Å². The topological polar surface area (TPSA) is 65.7 Å². The van der Waals surface area contributed by atoms with Crippen LogP contribution in [0.2, 0.25) is 0 Å². The lowest BCUT2D eigenvalue weighted by atomic mass is 10.0. The molecule has 1 aliphatic heterocycles. The molecule has 84 valence electrons. The Bertz CT molecular complexity index is 450. The third kappa shape index (κ3) is 1.59. The number of nitrogens with zero attached hydrogens (tertiary/aromatic N) is 2. The molecule has 1 aromatic rings. The van der Waals surface area contributed by atoms with Gasteiger partial charge in [-0.05, 0) is 42.5 Å². The van der Waals surface area contributed by atoms with E-state index >= 15 is 0 Å². The molecule has 1 fully saturated rings. The second-order valence-corrected chi connectivity index (χ2v) is 4.38. The molecule has 5 heteroatoms. The van der Waals surface area contributed by atoms with Crippen LogP contribution < -0.4 is 16.8 Å². The number of rotatable bonds is 2. The molecular weight excluding hydrogens is 202 g/mol. The fraction of sp³-hybridized carbons (Fsp3) is 0.364. The van der Waals surface area contributed by atoms with Crippen molar-refractivity contribution in [2.75, 3.05) is 12.8 Å². The summed E-state index contributed by atoms with van der Waals surface area (Å²) < 4.78 is 0. The standard InChI is InChI=1S/C11H15N5/c1-16-11(13-14-15-16)9-4-8(7-2-3-7)5-10(12)6-9/h4-7,14-15H,2-3,12H2,1H3. The van der Waals surface area contributed by atoms with E-state index in [2.05, 4.69) is 28.3 Å². The van der Waals surface area contributed by atoms with Crippen molar-refractivity contribution in [1.29, 1.82) is 0 Å². The molecule has 2 aliphatic rings. The molecule has 0 aromatic heterocycles. The highest BCUT2D eigenvalue weighted by Gasteiger charge is 2.25. The molecule has 0 bridgehead atoms. The van der Waals surface area contributed by atoms with Gasteiger partial charge in [-0.2, -0.15) is 0 Å². The Balaban J connectivity index is 1.99. The van der Waals surface area contributed by atoms with E-state index in [0.717, 1.165) is 17.1 Å². The van der Waals surface area contributed by atoms with E-state index in [4.69, 9.17) is 5.73 Å². The van der Waals surface area contributed by atoms with Crippen molar-refractivity contribution < 1.29 is 0 Å². The monoisotopic (exact) mass is 217 g/mol. The minimum atomic E-state index is 0.704. The van der Waals surface area contributed by atoms with Crippen LogP contribution in [0.1, 0.15) is 29.9 Å². The number of nitrogen functional groups attached to an aromatic ring is 1. The molecule has 0 atom stereocenters. The van der Waals surface area contributed by atoms with Crippen LogP contribution in [0.25, 0.3) is 0 Å². The van der Waals surface area contributed by atoms with Crippen LogP contribution in [-0.4, -0.2) is 17.9 Å². The van der Waals surface area contributed by atoms with Crippen molar-refractivity contribution in [2.45, 2.75) is 18.8 Å². The normalized spacial score (nSPS) is 19.6. The van der Waals surface area contributed by atoms with Crippen molar-refractivity contribution in [3.8, 4) is 0 Å². The minimum Gasteiger partial charge on any atom is -0.399 e. The van der Waals surface area contributed by atoms with Crippen molar-refractivity contribution in [1.82, 2.24) is 16.1 Å². The van der Waals surface area contributed by atoms with Gasteiger partial charge in [0.05, 0.1) is 0 Å². The zero-order chi connectivity index (χ0) is 11.1. The maximum Gasteiger partial charge on any atom is 0.172 e. The van der Waals surface area contributed by atoms with Gasteiger partial charge in [-0.25, -0.2) is 5.53 Å². The molecule has 0 unspecified atom stereocenters. The molecule has 0 spiro atoms. The summed E-state index contributed by atoms with van der Waals surface area (Å²) >= 11 is 0. The molecule has 1 saturated carbocycles. The second kappa shape index (κ2) is 3.38. The number of hydrogen-bond donors (Lipinski definition) is 3. The van der Waals surface area contributed by atoms with Crippen molar-refractivity contribution in [2.24, 2.45) is 5.10 Å². The van der Waals surface area contributed by atoms with Crippen LogP contribution in [0.4, 0.5) is 5.69 Å². The number of hydrogen-bond acceptors (Lipinski definition) is 5. The summed E-state index contributed by atoms with van der Waals surface area (Å²) in [7, 11) is 1.92. The zero-order valence-electron chi connectivity index (χ0n) is 9.20. The van der Waals surface area contributed by atoms with E-state index in [-0.39, 0.29) is 0 Å². The largest absolute Gasteiger partial charge is 0.399 e. The average Bonchev–Trinajstić information content (AvgIpc) is 3.01. The first-order chi connectivity index (χ1) is 7.74. The van der Waals surface area contributed by atoms with E-state index in [1.165, 1.54) is 18.4 Å². The number of nitrogens with one attached hydrogen (secondary N) is 2. The summed E-state index contributed by atoms with van der Waals surface area (Å²) in [6, 6.07) is 6.20. The Hall–Kier alpha value is -1.75. The number of benzene rings is 1. The Morgan fingerprint density at radius 3 is 2.81 bits per heavy atom. The summed E-state index contributed by atoms with van der Waals surface area (Å²) in [6.45, 7) is 0. The van der Waals surface area contributed by atoms with Gasteiger partial charge < -0.3 is 5.73 Å². The SMILES string of the molecule is CN1NNN=C1c1cc(N)cc(C2CC2)c1. The van der Waals surface area contributed by atoms with Gasteiger partial charge in [0.15, 0.2) is 5.84 Å². The number of nitrogens with two attached hydrogens (primary N) is 1. The predicted molar refractivity (Wildman–Crippen MR) is 63.4 cm³/mol. The Kier molecular flexibility index (Phi) is 2.00. The summed E-state index contributed by atoms with van der Waals surface area (Å²) in [6.07, 6.45) is 2.56. The minimum absolute atomic E-state index is 0.704. The van der Waals surface area contributed by atoms with Crippen LogP contribution in [0.15, 0.2) is 23.3 Å². The lowest BCUT2D eigenvalue weighted by Crippen LogP contribution is -2.37. The molecule has 0 saturated heterocycles. The van der Waals surface area contributed by atoms with Crippen LogP contribution in [-0.2, 0) is 0 Å². The van der Waals surface area contributed by atoms with E-state index in [9.17, 15) is 0 Å². The third-order valence-electron chi connectivity index (χ3n) is 2.98. The molecule has 1 heterocycles. The molecule has 0 radical (unpaired) electrons. The highest BCUT2D eigenvalue weighted by Crippen LogP contribution is 2.41. The van der Waals surface area contributed by atoms with Gasteiger partial charge in [0.2, 0.25) is 0 Å². The fourth-order valence-corrected chi connectivity index (χ4v) is 2.00. The summed E-state index contributed by atoms with van der Waals surface area (Å²) in [5.41, 5.74) is 14.7. The van der Waals surface area contributed by atoms with Gasteiger partial charge in [-0.1, -0.05) is 0 Å². The van der Waals surface area contributed by atoms with Crippen LogP contribution in [0, 0.1) is 0 Å². The van der Waals surface area contributed by atoms with Gasteiger partial charge in [0.1, 0.15) is 0 Å². The molecule has 16 heavy (non-hydrogen) atoms. The summed E-state index contributed by atoms with van der Waals surface area (Å²) in [5.74, 6) is 1.57. The predicted octanol–water partition coefficient (Wildman–Crippen LogP) is 0.762. The highest BCUT2D eigenvalue weighted by molar-refractivity contribution is 5.99. The lowest BCUT2D eigenvalue weighted by molar-refractivity contribution is 0.349. The summed E-state index contributed by atoms with van der Waals surface area (Å²) in [4.78, 5) is 0. The Morgan fingerprint density at radius 2 is 2.19 bits per heavy atom. The quantitative estimate of drug-likeness (QED) is 0.640. The smallest absolute Gasteiger partial charge is 0.172 e. The first-order valence-electron chi connectivity index (χ1n) is 5.47. The number of amidine groups is 1. The van der Waals surface area contributed by atoms with Gasteiger partial charge >= 0.3 is 0 Å². The van der Waals surface area contributed by atoms with Gasteiger partial charge in [0.25, 0.3) is 0 Å². The van der Waals surface area contributed by atoms with Gasteiger partial charge in [-0.3, -0.25) is 5.01 Å². The molecule has 0 amide bonds. The number of hydrazine groups is 2. The molecule has 1 aromatic carbocycles. The second-order valence-electron chi connectivity index (χ2n) is 4.38. The van der Waals surface area contributed by atoms with E-state index < -0.39 is 0 Å². The van der Waals surface area contributed by atoms with Crippen LogP contribution >= 0.6 is 0 Å². The van der Waals surface area contributed by atoms with Crippen molar-refractivity contribution in [3.63, 3.8) is 0 Å². The fourth-order valence-electron chi connectivity index (χ4n) is 2.00. The molecular formula is C11H15N5. The highest BCUT2D eigenvalue weighted by atomic mass is 15.8. The van der Waals surface area contributed by atoms with Gasteiger partial charge in [0, 0.05) is 18.3 Å². The first-order valence-corrected chi connectivity index (χ1v) is 5.47. The van der Waals surface area contributed by atoms with Crippen molar-refractivity contribution in [3.05, 3.63) is 29.3 Å². The van der Waals surface area contributed by atoms with Crippen LogP contribution in [0.3, 0.4) is 0 Å². The van der Waals surface area contributed by atoms with Gasteiger partial charge in [-0.15, -0.1) is 10.6 Å². The molecule has 5 nitrogen and oxygen atoms in total. The van der Waals surface area contributed by atoms with Crippen LogP contribution in [0.5, 0.6) is 0 Å². The lowest BCUT2D eigenvalue weighted by Gasteiger charge is -2.13. The molecule has 1 aliphatic carbocycles. The molecule has 4 N–H and O–H groups in total. The third-order valence-corrected chi connectivity index (χ3v) is 2.98.